The Labute approximate surface area is 91.3 Å². The molecule has 1 fully saturated rings. The van der Waals surface area contributed by atoms with E-state index >= 15 is 0 Å². The predicted molar refractivity (Wildman–Crippen MR) is 61.7 cm³/mol. The van der Waals surface area contributed by atoms with E-state index in [4.69, 9.17) is 0 Å². The summed E-state index contributed by atoms with van der Waals surface area (Å²) < 4.78 is 0. The maximum Gasteiger partial charge on any atom is 0.148 e. The van der Waals surface area contributed by atoms with Crippen molar-refractivity contribution in [2.24, 2.45) is 10.8 Å². The highest BCUT2D eigenvalue weighted by Gasteiger charge is 2.65. The molecule has 1 saturated carbocycles. The van der Waals surface area contributed by atoms with Gasteiger partial charge in [-0.25, -0.2) is 0 Å². The van der Waals surface area contributed by atoms with Crippen LogP contribution >= 0.6 is 0 Å². The van der Waals surface area contributed by atoms with Crippen molar-refractivity contribution in [3.63, 3.8) is 0 Å². The van der Waals surface area contributed by atoms with E-state index in [0.717, 1.165) is 11.5 Å². The van der Waals surface area contributed by atoms with E-state index in [2.05, 4.69) is 43.2 Å². The summed E-state index contributed by atoms with van der Waals surface area (Å²) in [4.78, 5) is 0. The minimum absolute atomic E-state index is 0.333. The van der Waals surface area contributed by atoms with Crippen LogP contribution in [0.4, 0.5) is 5.82 Å². The Morgan fingerprint density at radius 3 is 2.07 bits per heavy atom. The number of aromatic nitrogens is 2. The lowest BCUT2D eigenvalue weighted by molar-refractivity contribution is 0.457. The summed E-state index contributed by atoms with van der Waals surface area (Å²) in [6.07, 6.45) is 0. The average molecular weight is 205 g/mol. The first-order valence-corrected chi connectivity index (χ1v) is 5.42. The van der Waals surface area contributed by atoms with Crippen molar-refractivity contribution in [3.8, 4) is 0 Å². The molecule has 1 aliphatic rings. The number of rotatable bonds is 2. The number of nitrogens with one attached hydrogen (secondary N) is 1. The minimum atomic E-state index is 0.333. The first-order valence-electron chi connectivity index (χ1n) is 5.42. The number of hydrogen-bond acceptors (Lipinski definition) is 3. The van der Waals surface area contributed by atoms with Gasteiger partial charge in [-0.3, -0.25) is 0 Å². The third-order valence-electron chi connectivity index (χ3n) is 4.11. The predicted octanol–water partition coefficient (Wildman–Crippen LogP) is 2.63. The molecule has 0 saturated heterocycles. The molecule has 3 heteroatoms. The van der Waals surface area contributed by atoms with Crippen molar-refractivity contribution in [2.45, 2.75) is 40.7 Å². The molecule has 0 bridgehead atoms. The second-order valence-electron chi connectivity index (χ2n) is 5.58. The van der Waals surface area contributed by atoms with Crippen LogP contribution in [0.3, 0.4) is 0 Å². The maximum atomic E-state index is 4.13. The van der Waals surface area contributed by atoms with E-state index in [1.54, 1.807) is 0 Å². The van der Waals surface area contributed by atoms with E-state index in [1.165, 1.54) is 0 Å². The van der Waals surface area contributed by atoms with Crippen molar-refractivity contribution in [2.75, 3.05) is 5.32 Å². The van der Waals surface area contributed by atoms with Crippen LogP contribution in [0.25, 0.3) is 0 Å². The van der Waals surface area contributed by atoms with Gasteiger partial charge in [0.25, 0.3) is 0 Å². The molecule has 82 valence electrons. The highest BCUT2D eigenvalue weighted by Crippen LogP contribution is 2.63. The molecule has 3 nitrogen and oxygen atoms in total. The molecule has 1 aromatic heterocycles. The van der Waals surface area contributed by atoms with E-state index in [9.17, 15) is 0 Å². The molecule has 1 N–H and O–H groups in total. The lowest BCUT2D eigenvalue weighted by Crippen LogP contribution is -2.11. The minimum Gasteiger partial charge on any atom is -0.365 e. The standard InChI is InChI=1S/C12H19N3/c1-8-6-7-9(15-14-8)13-10-11(2,3)12(10,4)5/h6-7,10H,1-5H3,(H,13,15). The summed E-state index contributed by atoms with van der Waals surface area (Å²) in [5.74, 6) is 0.879. The molecule has 0 amide bonds. The van der Waals surface area contributed by atoms with Gasteiger partial charge < -0.3 is 5.32 Å². The Hall–Kier alpha value is -1.12. The van der Waals surface area contributed by atoms with Crippen LogP contribution in [0.5, 0.6) is 0 Å². The van der Waals surface area contributed by atoms with Gasteiger partial charge in [0.2, 0.25) is 0 Å². The van der Waals surface area contributed by atoms with Crippen LogP contribution in [0, 0.1) is 17.8 Å². The van der Waals surface area contributed by atoms with Gasteiger partial charge >= 0.3 is 0 Å². The van der Waals surface area contributed by atoms with Gasteiger partial charge in [-0.15, -0.1) is 5.10 Å². The van der Waals surface area contributed by atoms with Gasteiger partial charge in [0.1, 0.15) is 5.82 Å². The first kappa shape index (κ1) is 10.4. The van der Waals surface area contributed by atoms with Crippen molar-refractivity contribution in [1.82, 2.24) is 10.2 Å². The number of aryl methyl sites for hydroxylation is 1. The largest absolute Gasteiger partial charge is 0.365 e. The van der Waals surface area contributed by atoms with E-state index < -0.39 is 0 Å². The fourth-order valence-electron chi connectivity index (χ4n) is 2.18. The van der Waals surface area contributed by atoms with Crippen LogP contribution in [-0.4, -0.2) is 16.2 Å². The van der Waals surface area contributed by atoms with Gasteiger partial charge in [0.15, 0.2) is 0 Å². The van der Waals surface area contributed by atoms with Crippen LogP contribution in [-0.2, 0) is 0 Å². The first-order chi connectivity index (χ1) is 6.85. The molecule has 1 aliphatic carbocycles. The van der Waals surface area contributed by atoms with Crippen LogP contribution in [0.15, 0.2) is 12.1 Å². The van der Waals surface area contributed by atoms with Crippen molar-refractivity contribution in [1.29, 1.82) is 0 Å². The second-order valence-corrected chi connectivity index (χ2v) is 5.58. The van der Waals surface area contributed by atoms with Crippen LogP contribution < -0.4 is 5.32 Å². The number of anilines is 1. The number of nitrogens with zero attached hydrogens (tertiary/aromatic N) is 2. The summed E-state index contributed by atoms with van der Waals surface area (Å²) in [5, 5.41) is 11.6. The van der Waals surface area contributed by atoms with E-state index in [0.29, 0.717) is 16.9 Å². The average Bonchev–Trinajstić information content (AvgIpc) is 2.52. The fraction of sp³-hybridized carbons (Fsp3) is 0.667. The molecule has 2 rings (SSSR count). The van der Waals surface area contributed by atoms with Crippen molar-refractivity contribution >= 4 is 5.82 Å². The van der Waals surface area contributed by atoms with Crippen molar-refractivity contribution < 1.29 is 0 Å². The SMILES string of the molecule is Cc1ccc(NC2C(C)(C)C2(C)C)nn1. The Morgan fingerprint density at radius 2 is 1.67 bits per heavy atom. The molecular formula is C12H19N3. The fourth-order valence-corrected chi connectivity index (χ4v) is 2.18. The molecule has 1 heterocycles. The molecule has 0 atom stereocenters. The molecule has 15 heavy (non-hydrogen) atoms. The van der Waals surface area contributed by atoms with Gasteiger partial charge in [-0.2, -0.15) is 5.10 Å². The molecule has 0 aliphatic heterocycles. The van der Waals surface area contributed by atoms with Gasteiger partial charge in [-0.05, 0) is 29.9 Å². The monoisotopic (exact) mass is 205 g/mol. The van der Waals surface area contributed by atoms with Gasteiger partial charge in [0.05, 0.1) is 5.69 Å². The molecule has 1 aromatic rings. The smallest absolute Gasteiger partial charge is 0.148 e. The Morgan fingerprint density at radius 1 is 1.07 bits per heavy atom. The normalized spacial score (nSPS) is 22.5. The zero-order valence-corrected chi connectivity index (χ0v) is 10.1. The highest BCUT2D eigenvalue weighted by atomic mass is 15.2. The van der Waals surface area contributed by atoms with Gasteiger partial charge in [0, 0.05) is 6.04 Å². The third-order valence-corrected chi connectivity index (χ3v) is 4.11. The lowest BCUT2D eigenvalue weighted by Gasteiger charge is -2.06. The maximum absolute atomic E-state index is 4.13. The Bertz CT molecular complexity index is 351. The lowest BCUT2D eigenvalue weighted by atomic mass is 10.0. The van der Waals surface area contributed by atoms with Crippen molar-refractivity contribution in [3.05, 3.63) is 17.8 Å². The molecule has 0 aromatic carbocycles. The Kier molecular flexibility index (Phi) is 2.04. The summed E-state index contributed by atoms with van der Waals surface area (Å²) in [7, 11) is 0. The zero-order valence-electron chi connectivity index (χ0n) is 10.1. The highest BCUT2D eigenvalue weighted by molar-refractivity contribution is 5.40. The summed E-state index contributed by atoms with van der Waals surface area (Å²) >= 11 is 0. The van der Waals surface area contributed by atoms with Gasteiger partial charge in [-0.1, -0.05) is 27.7 Å². The van der Waals surface area contributed by atoms with Crippen LogP contribution in [0.2, 0.25) is 0 Å². The molecule has 0 radical (unpaired) electrons. The zero-order chi connectivity index (χ0) is 11.3. The summed E-state index contributed by atoms with van der Waals surface area (Å²) in [6, 6.07) is 4.46. The second kappa shape index (κ2) is 2.94. The topological polar surface area (TPSA) is 37.8 Å². The van der Waals surface area contributed by atoms with Crippen LogP contribution in [0.1, 0.15) is 33.4 Å². The quantitative estimate of drug-likeness (QED) is 0.806. The molecule has 0 unspecified atom stereocenters. The third kappa shape index (κ3) is 1.50. The van der Waals surface area contributed by atoms with E-state index in [-0.39, 0.29) is 0 Å². The molecular weight excluding hydrogens is 186 g/mol. The summed E-state index contributed by atoms with van der Waals surface area (Å²) in [5.41, 5.74) is 1.62. The Balaban J connectivity index is 2.09. The van der Waals surface area contributed by atoms with E-state index in [1.807, 2.05) is 19.1 Å². The molecule has 0 spiro atoms. The summed E-state index contributed by atoms with van der Waals surface area (Å²) in [6.45, 7) is 11.1. The number of hydrogen-bond donors (Lipinski definition) is 1.